The van der Waals surface area contributed by atoms with E-state index in [-0.39, 0.29) is 11.9 Å². The number of likely N-dealkylation sites (N-methyl/N-ethyl adjacent to an activating group) is 1. The van der Waals surface area contributed by atoms with Crippen molar-refractivity contribution in [3.05, 3.63) is 47.0 Å². The van der Waals surface area contributed by atoms with Gasteiger partial charge in [-0.15, -0.1) is 0 Å². The average molecular weight is 392 g/mol. The Bertz CT molecular complexity index is 828. The van der Waals surface area contributed by atoms with E-state index in [1.165, 1.54) is 0 Å². The third kappa shape index (κ3) is 4.64. The summed E-state index contributed by atoms with van der Waals surface area (Å²) in [5, 5.41) is 3.44. The quantitative estimate of drug-likeness (QED) is 0.792. The number of carbonyl (C=O) groups excluding carboxylic acids is 1. The molecule has 0 aliphatic carbocycles. The van der Waals surface area contributed by atoms with Gasteiger partial charge in [0.05, 0.1) is 19.8 Å². The zero-order chi connectivity index (χ0) is 19.4. The summed E-state index contributed by atoms with van der Waals surface area (Å²) in [5.41, 5.74) is 1.64. The van der Waals surface area contributed by atoms with E-state index in [0.29, 0.717) is 36.2 Å². The molecule has 2 aromatic carbocycles. The van der Waals surface area contributed by atoms with Crippen LogP contribution >= 0.6 is 11.6 Å². The second-order valence-electron chi connectivity index (χ2n) is 6.56. The Morgan fingerprint density at radius 3 is 2.70 bits per heavy atom. The molecule has 1 aliphatic heterocycles. The Hall–Kier alpha value is -2.44. The van der Waals surface area contributed by atoms with Gasteiger partial charge in [-0.1, -0.05) is 11.6 Å². The van der Waals surface area contributed by atoms with Crippen LogP contribution in [-0.2, 0) is 11.3 Å². The Labute approximate surface area is 164 Å². The number of ether oxygens (including phenoxy) is 3. The number of benzene rings is 2. The average Bonchev–Trinajstić information content (AvgIpc) is 2.67. The predicted octanol–water partition coefficient (Wildman–Crippen LogP) is 2.16. The minimum atomic E-state index is -0.276. The molecule has 1 heterocycles. The van der Waals surface area contributed by atoms with Gasteiger partial charge in [0, 0.05) is 10.6 Å². The highest BCUT2D eigenvalue weighted by atomic mass is 35.5. The van der Waals surface area contributed by atoms with Crippen LogP contribution in [-0.4, -0.2) is 39.3 Å². The highest BCUT2D eigenvalue weighted by Gasteiger charge is 2.24. The summed E-state index contributed by atoms with van der Waals surface area (Å²) in [6.45, 7) is 3.69. The lowest BCUT2D eigenvalue weighted by Gasteiger charge is -2.23. The maximum atomic E-state index is 12.7. The van der Waals surface area contributed by atoms with Crippen molar-refractivity contribution in [1.29, 1.82) is 0 Å². The summed E-state index contributed by atoms with van der Waals surface area (Å²) >= 11 is 6.03. The number of amides is 1. The fraction of sp³-hybridized carbons (Fsp3) is 0.350. The van der Waals surface area contributed by atoms with Crippen LogP contribution in [0, 0.1) is 0 Å². The van der Waals surface area contributed by atoms with E-state index in [2.05, 4.69) is 5.32 Å². The fourth-order valence-corrected chi connectivity index (χ4v) is 3.09. The van der Waals surface area contributed by atoms with Crippen LogP contribution in [0.1, 0.15) is 12.5 Å². The van der Waals surface area contributed by atoms with Gasteiger partial charge in [0.2, 0.25) is 0 Å². The normalized spacial score (nSPS) is 15.0. The van der Waals surface area contributed by atoms with Crippen molar-refractivity contribution in [2.75, 3.05) is 32.7 Å². The van der Waals surface area contributed by atoms with Gasteiger partial charge in [-0.2, -0.15) is 0 Å². The molecule has 0 fully saturated rings. The number of fused-ring (bicyclic) bond motifs is 1. The van der Waals surface area contributed by atoms with E-state index in [4.69, 9.17) is 25.8 Å². The summed E-state index contributed by atoms with van der Waals surface area (Å²) in [5.74, 6) is 1.99. The van der Waals surface area contributed by atoms with Crippen molar-refractivity contribution in [2.45, 2.75) is 19.5 Å². The molecule has 3 rings (SSSR count). The number of rotatable bonds is 6. The number of hydrogen-bond acceptors (Lipinski definition) is 4. The lowest BCUT2D eigenvalue weighted by molar-refractivity contribution is -0.907. The molecule has 0 saturated heterocycles. The maximum absolute atomic E-state index is 12.7. The third-order valence-corrected chi connectivity index (χ3v) is 4.88. The molecule has 2 atom stereocenters. The molecule has 27 heavy (non-hydrogen) atoms. The van der Waals surface area contributed by atoms with Crippen molar-refractivity contribution in [3.63, 3.8) is 0 Å². The number of quaternary nitrogens is 1. The van der Waals surface area contributed by atoms with E-state index >= 15 is 0 Å². The molecular weight excluding hydrogens is 368 g/mol. The van der Waals surface area contributed by atoms with Gasteiger partial charge in [0.25, 0.3) is 5.91 Å². The van der Waals surface area contributed by atoms with Gasteiger partial charge in [-0.05, 0) is 43.3 Å². The molecule has 1 aliphatic rings. The molecule has 144 valence electrons. The van der Waals surface area contributed by atoms with Gasteiger partial charge >= 0.3 is 0 Å². The molecular formula is C20H24ClN2O4+. The zero-order valence-electron chi connectivity index (χ0n) is 15.7. The summed E-state index contributed by atoms with van der Waals surface area (Å²) in [7, 11) is 3.54. The van der Waals surface area contributed by atoms with Crippen LogP contribution in [0.3, 0.4) is 0 Å². The summed E-state index contributed by atoms with van der Waals surface area (Å²) in [6, 6.07) is 10.7. The van der Waals surface area contributed by atoms with Crippen molar-refractivity contribution in [1.82, 2.24) is 0 Å². The molecule has 0 saturated carbocycles. The molecule has 2 N–H and O–H groups in total. The first-order chi connectivity index (χ1) is 13.0. The predicted molar refractivity (Wildman–Crippen MR) is 104 cm³/mol. The number of anilines is 1. The third-order valence-electron chi connectivity index (χ3n) is 4.64. The largest absolute Gasteiger partial charge is 0.495 e. The van der Waals surface area contributed by atoms with Gasteiger partial charge < -0.3 is 24.4 Å². The number of hydrogen-bond donors (Lipinski definition) is 2. The van der Waals surface area contributed by atoms with Crippen LogP contribution in [0.2, 0.25) is 5.02 Å². The van der Waals surface area contributed by atoms with Gasteiger partial charge in [0.15, 0.2) is 17.5 Å². The topological polar surface area (TPSA) is 61.2 Å². The molecule has 0 aromatic heterocycles. The molecule has 1 amide bonds. The summed E-state index contributed by atoms with van der Waals surface area (Å²) < 4.78 is 16.5. The Balaban J connectivity index is 1.65. The number of nitrogens with one attached hydrogen (secondary N) is 2. The van der Waals surface area contributed by atoms with Gasteiger partial charge in [0.1, 0.15) is 25.5 Å². The van der Waals surface area contributed by atoms with E-state index in [9.17, 15) is 4.79 Å². The molecule has 6 nitrogen and oxygen atoms in total. The lowest BCUT2D eigenvalue weighted by atomic mass is 10.1. The Morgan fingerprint density at radius 2 is 1.96 bits per heavy atom. The molecule has 0 bridgehead atoms. The number of methoxy groups -OCH3 is 1. The maximum Gasteiger partial charge on any atom is 0.282 e. The summed E-state index contributed by atoms with van der Waals surface area (Å²) in [4.78, 5) is 13.7. The monoisotopic (exact) mass is 391 g/mol. The first-order valence-electron chi connectivity index (χ1n) is 8.83. The first kappa shape index (κ1) is 19.3. The van der Waals surface area contributed by atoms with Crippen LogP contribution in [0.5, 0.6) is 17.2 Å². The van der Waals surface area contributed by atoms with Crippen LogP contribution in [0.25, 0.3) is 0 Å². The van der Waals surface area contributed by atoms with Crippen molar-refractivity contribution >= 4 is 23.2 Å². The van der Waals surface area contributed by atoms with Crippen molar-refractivity contribution < 1.29 is 23.9 Å². The smallest absolute Gasteiger partial charge is 0.282 e. The van der Waals surface area contributed by atoms with Gasteiger partial charge in [-0.25, -0.2) is 0 Å². The minimum absolute atomic E-state index is 0.106. The van der Waals surface area contributed by atoms with Crippen molar-refractivity contribution in [2.24, 2.45) is 0 Å². The second kappa shape index (κ2) is 8.50. The minimum Gasteiger partial charge on any atom is -0.495 e. The van der Waals surface area contributed by atoms with E-state index < -0.39 is 0 Å². The molecule has 0 radical (unpaired) electrons. The SMILES string of the molecule is COc1ccc(Cl)cc1NC(=O)[C@@H](C)[NH+](C)Cc1ccc2c(c1)OCCO2. The lowest BCUT2D eigenvalue weighted by Crippen LogP contribution is -3.12. The van der Waals surface area contributed by atoms with Crippen LogP contribution in [0.4, 0.5) is 5.69 Å². The standard InChI is InChI=1S/C20H23ClN2O4/c1-13(20(24)22-16-11-15(21)5-7-17(16)25-3)23(2)12-14-4-6-18-19(10-14)27-9-8-26-18/h4-7,10-11,13H,8-9,12H2,1-3H3,(H,22,24)/p+1/t13-/m1/s1. The molecule has 7 heteroatoms. The zero-order valence-corrected chi connectivity index (χ0v) is 16.4. The van der Waals surface area contributed by atoms with Gasteiger partial charge in [-0.3, -0.25) is 4.79 Å². The Kier molecular flexibility index (Phi) is 6.08. The highest BCUT2D eigenvalue weighted by molar-refractivity contribution is 6.31. The van der Waals surface area contributed by atoms with E-state index in [1.807, 2.05) is 32.2 Å². The van der Waals surface area contributed by atoms with E-state index in [0.717, 1.165) is 22.0 Å². The first-order valence-corrected chi connectivity index (χ1v) is 9.21. The molecule has 2 aromatic rings. The highest BCUT2D eigenvalue weighted by Crippen LogP contribution is 2.30. The number of halogens is 1. The fourth-order valence-electron chi connectivity index (χ4n) is 2.92. The van der Waals surface area contributed by atoms with E-state index in [1.54, 1.807) is 25.3 Å². The molecule has 1 unspecified atom stereocenters. The van der Waals surface area contributed by atoms with Crippen LogP contribution in [0.15, 0.2) is 36.4 Å². The second-order valence-corrected chi connectivity index (χ2v) is 6.99. The molecule has 0 spiro atoms. The number of carbonyl (C=O) groups is 1. The Morgan fingerprint density at radius 1 is 1.22 bits per heavy atom. The van der Waals surface area contributed by atoms with Crippen molar-refractivity contribution in [3.8, 4) is 17.2 Å². The summed E-state index contributed by atoms with van der Waals surface area (Å²) in [6.07, 6.45) is 0. The van der Waals surface area contributed by atoms with Crippen LogP contribution < -0.4 is 24.4 Å².